The van der Waals surface area contributed by atoms with E-state index in [1.54, 1.807) is 6.07 Å². The molecule has 0 aliphatic heterocycles. The highest BCUT2D eigenvalue weighted by molar-refractivity contribution is 5.87. The summed E-state index contributed by atoms with van der Waals surface area (Å²) in [6.07, 6.45) is -1.88. The van der Waals surface area contributed by atoms with Crippen LogP contribution < -0.4 is 10.5 Å². The molecule has 2 aromatic carbocycles. The zero-order valence-corrected chi connectivity index (χ0v) is 10.8. The molecule has 2 aromatic rings. The van der Waals surface area contributed by atoms with Gasteiger partial charge in [-0.25, -0.2) is 8.78 Å². The molecular weight excluding hydrogens is 248 g/mol. The highest BCUT2D eigenvalue weighted by Crippen LogP contribution is 2.29. The van der Waals surface area contributed by atoms with Crippen molar-refractivity contribution in [3.63, 3.8) is 0 Å². The third-order valence-electron chi connectivity index (χ3n) is 2.89. The number of hydrogen-bond acceptors (Lipinski definition) is 2. The Bertz CT molecular complexity index is 555. The Balaban J connectivity index is 2.43. The number of ether oxygens (including phenoxy) is 1. The molecule has 1 unspecified atom stereocenters. The minimum atomic E-state index is -2.48. The number of nitrogens with two attached hydrogens (primary N) is 1. The summed E-state index contributed by atoms with van der Waals surface area (Å²) < 4.78 is 29.8. The van der Waals surface area contributed by atoms with Crippen molar-refractivity contribution in [3.8, 4) is 5.75 Å². The van der Waals surface area contributed by atoms with Gasteiger partial charge in [0, 0.05) is 11.6 Å². The van der Waals surface area contributed by atoms with Crippen LogP contribution in [0.25, 0.3) is 10.8 Å². The van der Waals surface area contributed by atoms with E-state index in [0.29, 0.717) is 12.2 Å². The van der Waals surface area contributed by atoms with Gasteiger partial charge in [0.25, 0.3) is 6.43 Å². The molecule has 0 amide bonds. The van der Waals surface area contributed by atoms with Crippen molar-refractivity contribution >= 4 is 10.8 Å². The molecule has 2 nitrogen and oxygen atoms in total. The van der Waals surface area contributed by atoms with Gasteiger partial charge in [-0.3, -0.25) is 0 Å². The Kier molecular flexibility index (Phi) is 4.32. The van der Waals surface area contributed by atoms with Gasteiger partial charge >= 0.3 is 0 Å². The molecule has 0 bridgehead atoms. The molecule has 19 heavy (non-hydrogen) atoms. The zero-order valence-electron chi connectivity index (χ0n) is 10.8. The van der Waals surface area contributed by atoms with Gasteiger partial charge in [-0.15, -0.1) is 0 Å². The topological polar surface area (TPSA) is 35.2 Å². The molecule has 2 rings (SSSR count). The average molecular weight is 265 g/mol. The van der Waals surface area contributed by atoms with Gasteiger partial charge in [0.1, 0.15) is 12.4 Å². The van der Waals surface area contributed by atoms with Crippen molar-refractivity contribution in [2.75, 3.05) is 6.61 Å². The van der Waals surface area contributed by atoms with Crippen LogP contribution in [0.2, 0.25) is 0 Å². The Hall–Kier alpha value is -1.68. The van der Waals surface area contributed by atoms with Crippen LogP contribution in [0.3, 0.4) is 0 Å². The van der Waals surface area contributed by atoms with Crippen LogP contribution in [0, 0.1) is 0 Å². The van der Waals surface area contributed by atoms with Gasteiger partial charge in [0.15, 0.2) is 0 Å². The van der Waals surface area contributed by atoms with Crippen molar-refractivity contribution in [3.05, 3.63) is 42.0 Å². The van der Waals surface area contributed by atoms with Gasteiger partial charge in [-0.1, -0.05) is 30.3 Å². The first-order valence-corrected chi connectivity index (χ1v) is 6.25. The van der Waals surface area contributed by atoms with Crippen LogP contribution in [0.5, 0.6) is 5.75 Å². The lowest BCUT2D eigenvalue weighted by Gasteiger charge is -2.15. The maximum atomic E-state index is 12.3. The van der Waals surface area contributed by atoms with E-state index < -0.39 is 13.0 Å². The summed E-state index contributed by atoms with van der Waals surface area (Å²) in [4.78, 5) is 0. The monoisotopic (exact) mass is 265 g/mol. The SMILES string of the molecule is CC(N)Cc1c(OCC(F)F)ccc2ccccc12. The molecule has 0 spiro atoms. The first-order chi connectivity index (χ1) is 9.08. The lowest BCUT2D eigenvalue weighted by atomic mass is 9.98. The van der Waals surface area contributed by atoms with Gasteiger partial charge < -0.3 is 10.5 Å². The van der Waals surface area contributed by atoms with Gasteiger partial charge in [-0.2, -0.15) is 0 Å². The van der Waals surface area contributed by atoms with Crippen LogP contribution in [0.4, 0.5) is 8.78 Å². The first kappa shape index (κ1) is 13.7. The van der Waals surface area contributed by atoms with E-state index in [1.807, 2.05) is 37.3 Å². The van der Waals surface area contributed by atoms with E-state index in [2.05, 4.69) is 0 Å². The molecule has 1 atom stereocenters. The Morgan fingerprint density at radius 1 is 1.16 bits per heavy atom. The summed E-state index contributed by atoms with van der Waals surface area (Å²) in [5.74, 6) is 0.497. The lowest BCUT2D eigenvalue weighted by molar-refractivity contribution is 0.0815. The summed E-state index contributed by atoms with van der Waals surface area (Å²) in [5.41, 5.74) is 6.73. The minimum absolute atomic E-state index is 0.0558. The van der Waals surface area contributed by atoms with Crippen molar-refractivity contribution in [2.24, 2.45) is 5.73 Å². The van der Waals surface area contributed by atoms with Crippen molar-refractivity contribution in [1.29, 1.82) is 0 Å². The molecule has 0 saturated carbocycles. The summed E-state index contributed by atoms with van der Waals surface area (Å²) in [5, 5.41) is 2.06. The number of rotatable bonds is 5. The maximum absolute atomic E-state index is 12.3. The van der Waals surface area contributed by atoms with Gasteiger partial charge in [0.05, 0.1) is 0 Å². The highest BCUT2D eigenvalue weighted by atomic mass is 19.3. The van der Waals surface area contributed by atoms with Crippen molar-refractivity contribution in [2.45, 2.75) is 25.8 Å². The first-order valence-electron chi connectivity index (χ1n) is 6.25. The fraction of sp³-hybridized carbons (Fsp3) is 0.333. The molecule has 4 heteroatoms. The van der Waals surface area contributed by atoms with Crippen LogP contribution in [-0.4, -0.2) is 19.1 Å². The number of alkyl halides is 2. The molecule has 0 fully saturated rings. The summed E-state index contributed by atoms with van der Waals surface area (Å²) in [7, 11) is 0. The van der Waals surface area contributed by atoms with E-state index in [4.69, 9.17) is 10.5 Å². The Morgan fingerprint density at radius 2 is 1.89 bits per heavy atom. The number of fused-ring (bicyclic) bond motifs is 1. The highest BCUT2D eigenvalue weighted by Gasteiger charge is 2.12. The van der Waals surface area contributed by atoms with Gasteiger partial charge in [0.2, 0.25) is 0 Å². The molecular formula is C15H17F2NO. The number of hydrogen-bond donors (Lipinski definition) is 1. The second-order valence-electron chi connectivity index (χ2n) is 4.65. The predicted octanol–water partition coefficient (Wildman–Crippen LogP) is 3.37. The smallest absolute Gasteiger partial charge is 0.272 e. The average Bonchev–Trinajstić information content (AvgIpc) is 2.37. The molecule has 0 aromatic heterocycles. The maximum Gasteiger partial charge on any atom is 0.272 e. The van der Waals surface area contributed by atoms with Crippen LogP contribution >= 0.6 is 0 Å². The van der Waals surface area contributed by atoms with E-state index in [1.165, 1.54) is 0 Å². The van der Waals surface area contributed by atoms with Gasteiger partial charge in [-0.05, 0) is 30.2 Å². The quantitative estimate of drug-likeness (QED) is 0.899. The lowest BCUT2D eigenvalue weighted by Crippen LogP contribution is -2.19. The minimum Gasteiger partial charge on any atom is -0.487 e. The van der Waals surface area contributed by atoms with E-state index in [-0.39, 0.29) is 6.04 Å². The zero-order chi connectivity index (χ0) is 13.8. The number of benzene rings is 2. The second kappa shape index (κ2) is 5.97. The second-order valence-corrected chi connectivity index (χ2v) is 4.65. The Labute approximate surface area is 111 Å². The fourth-order valence-corrected chi connectivity index (χ4v) is 2.14. The molecule has 0 aliphatic rings. The van der Waals surface area contributed by atoms with Crippen LogP contribution in [0.15, 0.2) is 36.4 Å². The molecule has 0 saturated heterocycles. The van der Waals surface area contributed by atoms with Crippen molar-refractivity contribution in [1.82, 2.24) is 0 Å². The summed E-state index contributed by atoms with van der Waals surface area (Å²) in [6.45, 7) is 1.29. The summed E-state index contributed by atoms with van der Waals surface area (Å²) in [6, 6.07) is 11.4. The third-order valence-corrected chi connectivity index (χ3v) is 2.89. The molecule has 102 valence electrons. The standard InChI is InChI=1S/C15H17F2NO/c1-10(18)8-13-12-5-3-2-4-11(12)6-7-14(13)19-9-15(16)17/h2-7,10,15H,8-9,18H2,1H3. The van der Waals surface area contributed by atoms with E-state index >= 15 is 0 Å². The molecule has 2 N–H and O–H groups in total. The predicted molar refractivity (Wildman–Crippen MR) is 72.8 cm³/mol. The van der Waals surface area contributed by atoms with Crippen molar-refractivity contribution < 1.29 is 13.5 Å². The molecule has 0 radical (unpaired) electrons. The van der Waals surface area contributed by atoms with E-state index in [0.717, 1.165) is 16.3 Å². The molecule has 0 heterocycles. The summed E-state index contributed by atoms with van der Waals surface area (Å²) >= 11 is 0. The normalized spacial score (nSPS) is 12.9. The Morgan fingerprint density at radius 3 is 2.58 bits per heavy atom. The number of halogens is 2. The molecule has 0 aliphatic carbocycles. The fourth-order valence-electron chi connectivity index (χ4n) is 2.14. The van der Waals surface area contributed by atoms with Crippen LogP contribution in [0.1, 0.15) is 12.5 Å². The third kappa shape index (κ3) is 3.41. The van der Waals surface area contributed by atoms with Crippen LogP contribution in [-0.2, 0) is 6.42 Å². The van der Waals surface area contributed by atoms with E-state index in [9.17, 15) is 8.78 Å². The largest absolute Gasteiger partial charge is 0.487 e.